The fraction of sp³-hybridized carbons (Fsp3) is 0.0769. The Balaban J connectivity index is 0.000000124. The van der Waals surface area contributed by atoms with Gasteiger partial charge in [0.2, 0.25) is 0 Å². The fourth-order valence-corrected chi connectivity index (χ4v) is 13.4. The van der Waals surface area contributed by atoms with E-state index in [2.05, 4.69) is 336 Å². The van der Waals surface area contributed by atoms with E-state index in [1.807, 2.05) is 18.2 Å². The summed E-state index contributed by atoms with van der Waals surface area (Å²) in [5.41, 5.74) is 24.0. The molecule has 0 amide bonds. The maximum absolute atomic E-state index is 3.56. The summed E-state index contributed by atoms with van der Waals surface area (Å²) in [5.74, 6) is 0. The van der Waals surface area contributed by atoms with Crippen molar-refractivity contribution in [3.8, 4) is 33.6 Å². The molecule has 2 heterocycles. The average molecular weight is 1130 g/mol. The van der Waals surface area contributed by atoms with Gasteiger partial charge in [-0.05, 0) is 166 Å². The van der Waals surface area contributed by atoms with Gasteiger partial charge in [-0.25, -0.2) is 0 Å². The standard InChI is InChI=1S/C39H30N2.C24H18N2.C15H13Br/c1-39(2)35-17-9-6-14-31(35)32-25-24-30(26-36(32)39)40(27-12-4-3-5-13-27)28-20-22-29(23-21-28)41-37-18-10-7-15-33(37)34-16-8-11-19-38(34)41;1-2-8-18(9-3-1)25-19-14-16-20(17-15-19)26-23-12-6-4-10-21(23)22-11-5-7-13-24(22)26;1-15(2)13-6-4-3-5-11(13)12-8-7-10(16)9-14(12)15/h3-26H,1-2H3;1-17,25H;3-9H,1-2H3. The quantitative estimate of drug-likeness (QED) is 0.172. The fourth-order valence-electron chi connectivity index (χ4n) is 13.1. The van der Waals surface area contributed by atoms with E-state index in [0.29, 0.717) is 0 Å². The first-order valence-electron chi connectivity index (χ1n) is 28.6. The molecule has 2 aromatic heterocycles. The third-order valence-electron chi connectivity index (χ3n) is 17.1. The Morgan fingerprint density at radius 2 is 0.651 bits per heavy atom. The number of rotatable bonds is 7. The van der Waals surface area contributed by atoms with Crippen molar-refractivity contribution in [2.45, 2.75) is 38.5 Å². The lowest BCUT2D eigenvalue weighted by Gasteiger charge is -2.28. The summed E-state index contributed by atoms with van der Waals surface area (Å²) >= 11 is 3.56. The Bertz CT molecular complexity index is 4600. The third-order valence-corrected chi connectivity index (χ3v) is 17.6. The van der Waals surface area contributed by atoms with Gasteiger partial charge in [-0.3, -0.25) is 0 Å². The molecule has 4 nitrogen and oxygen atoms in total. The molecule has 0 spiro atoms. The van der Waals surface area contributed by atoms with E-state index in [-0.39, 0.29) is 10.8 Å². The van der Waals surface area contributed by atoms with Crippen LogP contribution < -0.4 is 10.2 Å². The lowest BCUT2D eigenvalue weighted by Crippen LogP contribution is -2.16. The highest BCUT2D eigenvalue weighted by atomic mass is 79.9. The van der Waals surface area contributed by atoms with Crippen molar-refractivity contribution >= 4 is 88.0 Å². The predicted octanol–water partition coefficient (Wildman–Crippen LogP) is 21.8. The Kier molecular flexibility index (Phi) is 13.0. The van der Waals surface area contributed by atoms with Gasteiger partial charge < -0.3 is 19.4 Å². The molecule has 0 saturated heterocycles. The lowest BCUT2D eigenvalue weighted by atomic mass is 9.82. The van der Waals surface area contributed by atoms with Gasteiger partial charge in [0.05, 0.1) is 22.1 Å². The van der Waals surface area contributed by atoms with Crippen LogP contribution in [0.15, 0.2) is 296 Å². The van der Waals surface area contributed by atoms with Crippen LogP contribution in [-0.2, 0) is 10.8 Å². The predicted molar refractivity (Wildman–Crippen MR) is 355 cm³/mol. The summed E-state index contributed by atoms with van der Waals surface area (Å²) in [6.45, 7) is 9.28. The van der Waals surface area contributed by atoms with Gasteiger partial charge >= 0.3 is 0 Å². The molecule has 1 N–H and O–H groups in total. The Morgan fingerprint density at radius 1 is 0.301 bits per heavy atom. The molecule has 14 aromatic rings. The van der Waals surface area contributed by atoms with E-state index in [1.54, 1.807) is 0 Å². The summed E-state index contributed by atoms with van der Waals surface area (Å²) in [5, 5.41) is 8.57. The van der Waals surface area contributed by atoms with Crippen LogP contribution in [0.2, 0.25) is 0 Å². The number of halogens is 1. The first-order valence-corrected chi connectivity index (χ1v) is 29.4. The topological polar surface area (TPSA) is 25.1 Å². The van der Waals surface area contributed by atoms with Crippen LogP contribution in [0.25, 0.3) is 77.2 Å². The summed E-state index contributed by atoms with van der Waals surface area (Å²) in [6, 6.07) is 104. The number of aromatic nitrogens is 2. The maximum atomic E-state index is 3.56. The minimum absolute atomic E-state index is 0.0509. The molecule has 16 rings (SSSR count). The first kappa shape index (κ1) is 51.5. The van der Waals surface area contributed by atoms with Gasteiger partial charge in [0.15, 0.2) is 0 Å². The van der Waals surface area contributed by atoms with Crippen LogP contribution in [0.5, 0.6) is 0 Å². The van der Waals surface area contributed by atoms with Crippen molar-refractivity contribution in [3.05, 3.63) is 318 Å². The van der Waals surface area contributed by atoms with Crippen LogP contribution in [-0.4, -0.2) is 9.13 Å². The highest BCUT2D eigenvalue weighted by Gasteiger charge is 2.36. The second-order valence-corrected chi connectivity index (χ2v) is 23.6. The zero-order valence-corrected chi connectivity index (χ0v) is 48.5. The number of nitrogens with zero attached hydrogens (tertiary/aromatic N) is 3. The van der Waals surface area contributed by atoms with Crippen molar-refractivity contribution in [2.24, 2.45) is 0 Å². The van der Waals surface area contributed by atoms with Crippen LogP contribution in [0.4, 0.5) is 28.4 Å². The summed E-state index contributed by atoms with van der Waals surface area (Å²) in [4.78, 5) is 2.37. The largest absolute Gasteiger partial charge is 0.356 e. The van der Waals surface area contributed by atoms with Gasteiger partial charge in [0, 0.05) is 76.7 Å². The van der Waals surface area contributed by atoms with E-state index >= 15 is 0 Å². The minimum atomic E-state index is -0.0509. The molecule has 0 unspecified atom stereocenters. The van der Waals surface area contributed by atoms with Gasteiger partial charge in [-0.1, -0.05) is 213 Å². The second-order valence-electron chi connectivity index (χ2n) is 22.7. The SMILES string of the molecule is CC1(C)c2ccccc2-c2ccc(Br)cc21.CC1(C)c2ccccc2-c2ccc(N(c3ccccc3)c3ccc(-n4c5ccccc5c5ccccc54)cc3)cc21.c1ccc(Nc2ccc(-n3c4ccccc4c4ccccc43)cc2)cc1. The molecule has 83 heavy (non-hydrogen) atoms. The number of fused-ring (bicyclic) bond motifs is 12. The molecule has 0 fully saturated rings. The van der Waals surface area contributed by atoms with Crippen molar-refractivity contribution in [1.82, 2.24) is 9.13 Å². The molecule has 0 atom stereocenters. The van der Waals surface area contributed by atoms with Gasteiger partial charge in [-0.15, -0.1) is 0 Å². The van der Waals surface area contributed by atoms with E-state index in [0.717, 1.165) is 32.9 Å². The van der Waals surface area contributed by atoms with Crippen molar-refractivity contribution in [1.29, 1.82) is 0 Å². The Labute approximate surface area is 494 Å². The highest BCUT2D eigenvalue weighted by Crippen LogP contribution is 2.52. The van der Waals surface area contributed by atoms with Gasteiger partial charge in [0.1, 0.15) is 0 Å². The normalized spacial score (nSPS) is 13.1. The minimum Gasteiger partial charge on any atom is -0.356 e. The van der Waals surface area contributed by atoms with Crippen LogP contribution >= 0.6 is 15.9 Å². The van der Waals surface area contributed by atoms with Crippen molar-refractivity contribution < 1.29 is 0 Å². The molecule has 0 aliphatic heterocycles. The molecule has 0 bridgehead atoms. The van der Waals surface area contributed by atoms with E-state index in [4.69, 9.17) is 0 Å². The molecular formula is C78H61BrN4. The summed E-state index contributed by atoms with van der Waals surface area (Å²) in [7, 11) is 0. The van der Waals surface area contributed by atoms with E-state index in [9.17, 15) is 0 Å². The monoisotopic (exact) mass is 1130 g/mol. The molecule has 12 aromatic carbocycles. The summed E-state index contributed by atoms with van der Waals surface area (Å²) < 4.78 is 5.86. The number of nitrogens with one attached hydrogen (secondary N) is 1. The molecule has 2 aliphatic rings. The number of hydrogen-bond donors (Lipinski definition) is 1. The molecule has 0 saturated carbocycles. The zero-order valence-electron chi connectivity index (χ0n) is 46.9. The number of benzene rings is 12. The smallest absolute Gasteiger partial charge is 0.0541 e. The van der Waals surface area contributed by atoms with Crippen LogP contribution in [0.1, 0.15) is 49.9 Å². The molecule has 0 radical (unpaired) electrons. The maximum Gasteiger partial charge on any atom is 0.0541 e. The first-order chi connectivity index (χ1) is 40.6. The number of para-hydroxylation sites is 6. The number of hydrogen-bond acceptors (Lipinski definition) is 2. The highest BCUT2D eigenvalue weighted by molar-refractivity contribution is 9.10. The zero-order chi connectivity index (χ0) is 56.2. The Hall–Kier alpha value is -9.68. The third kappa shape index (κ3) is 9.09. The van der Waals surface area contributed by atoms with Crippen LogP contribution in [0, 0.1) is 0 Å². The molecule has 400 valence electrons. The van der Waals surface area contributed by atoms with Gasteiger partial charge in [0.25, 0.3) is 0 Å². The second kappa shape index (κ2) is 21.0. The van der Waals surface area contributed by atoms with E-state index < -0.39 is 0 Å². The lowest BCUT2D eigenvalue weighted by molar-refractivity contribution is 0.660. The Morgan fingerprint density at radius 3 is 1.14 bits per heavy atom. The molecular weight excluding hydrogens is 1070 g/mol. The van der Waals surface area contributed by atoms with Crippen LogP contribution in [0.3, 0.4) is 0 Å². The van der Waals surface area contributed by atoms with E-state index in [1.165, 1.54) is 99.5 Å². The molecule has 5 heteroatoms. The van der Waals surface area contributed by atoms with Crippen molar-refractivity contribution in [2.75, 3.05) is 10.2 Å². The van der Waals surface area contributed by atoms with Crippen molar-refractivity contribution in [3.63, 3.8) is 0 Å². The molecule has 2 aliphatic carbocycles. The van der Waals surface area contributed by atoms with Gasteiger partial charge in [-0.2, -0.15) is 0 Å². The summed E-state index contributed by atoms with van der Waals surface area (Å²) in [6.07, 6.45) is 0. The average Bonchev–Trinajstić information content (AvgIpc) is 3.28. The number of anilines is 5.